The summed E-state index contributed by atoms with van der Waals surface area (Å²) in [5, 5.41) is 0. The maximum absolute atomic E-state index is 5.35. The van der Waals surface area contributed by atoms with Gasteiger partial charge in [0.25, 0.3) is 0 Å². The Labute approximate surface area is 222 Å². The van der Waals surface area contributed by atoms with Crippen molar-refractivity contribution in [2.45, 2.75) is 128 Å². The second-order valence-corrected chi connectivity index (χ2v) is 9.54. The molecule has 1 aliphatic rings. The van der Waals surface area contributed by atoms with Crippen molar-refractivity contribution >= 4 is 0 Å². The summed E-state index contributed by atoms with van der Waals surface area (Å²) in [4.78, 5) is 0. The highest BCUT2D eigenvalue weighted by Crippen LogP contribution is 2.39. The van der Waals surface area contributed by atoms with Crippen molar-refractivity contribution in [1.29, 1.82) is 0 Å². The van der Waals surface area contributed by atoms with Crippen LogP contribution in [0.2, 0.25) is 0 Å². The summed E-state index contributed by atoms with van der Waals surface area (Å²) >= 11 is 0. The Morgan fingerprint density at radius 1 is 0.943 bits per heavy atom. The Morgan fingerprint density at radius 3 is 1.69 bits per heavy atom. The second-order valence-electron chi connectivity index (χ2n) is 9.54. The molecule has 0 atom stereocenters. The predicted octanol–water partition coefficient (Wildman–Crippen LogP) is 11.7. The molecule has 1 aromatic carbocycles. The summed E-state index contributed by atoms with van der Waals surface area (Å²) in [6.45, 7) is 33.9. The van der Waals surface area contributed by atoms with E-state index in [4.69, 9.17) is 6.42 Å². The minimum atomic E-state index is 0.901. The average molecular weight is 481 g/mol. The van der Waals surface area contributed by atoms with Crippen LogP contribution in [0.5, 0.6) is 0 Å². The topological polar surface area (TPSA) is 0 Å². The molecule has 0 heteroatoms. The number of aryl methyl sites for hydroxylation is 3. The monoisotopic (exact) mass is 480 g/mol. The minimum absolute atomic E-state index is 0.901. The van der Waals surface area contributed by atoms with E-state index in [1.165, 1.54) is 72.8 Å². The van der Waals surface area contributed by atoms with Crippen LogP contribution in [0, 0.1) is 45.0 Å². The molecule has 0 heterocycles. The van der Waals surface area contributed by atoms with Crippen molar-refractivity contribution in [2.24, 2.45) is 11.8 Å². The minimum Gasteiger partial charge on any atom is -0.115 e. The number of rotatable bonds is 8. The third-order valence-corrected chi connectivity index (χ3v) is 6.25. The van der Waals surface area contributed by atoms with Crippen LogP contribution in [-0.4, -0.2) is 0 Å². The second kappa shape index (κ2) is 23.7. The number of terminal acetylenes is 1. The van der Waals surface area contributed by atoms with Crippen LogP contribution in [0.15, 0.2) is 48.6 Å². The summed E-state index contributed by atoms with van der Waals surface area (Å²) < 4.78 is 0. The van der Waals surface area contributed by atoms with Crippen molar-refractivity contribution < 1.29 is 0 Å². The largest absolute Gasteiger partial charge is 0.115 e. The highest BCUT2D eigenvalue weighted by atomic mass is 14.3. The molecule has 1 aromatic rings. The molecule has 0 N–H and O–H groups in total. The first kappa shape index (κ1) is 37.5. The molecule has 0 aliphatic heterocycles. The van der Waals surface area contributed by atoms with Crippen molar-refractivity contribution in [3.63, 3.8) is 0 Å². The molecule has 35 heavy (non-hydrogen) atoms. The fraction of sp³-hybridized carbons (Fsp3) is 0.600. The van der Waals surface area contributed by atoms with Crippen molar-refractivity contribution in [3.05, 3.63) is 70.8 Å². The molecule has 1 aliphatic carbocycles. The third-order valence-electron chi connectivity index (χ3n) is 6.25. The quantitative estimate of drug-likeness (QED) is 0.197. The van der Waals surface area contributed by atoms with Gasteiger partial charge in [0.2, 0.25) is 0 Å². The van der Waals surface area contributed by atoms with Gasteiger partial charge in [-0.1, -0.05) is 115 Å². The van der Waals surface area contributed by atoms with Crippen LogP contribution in [0.3, 0.4) is 0 Å². The van der Waals surface area contributed by atoms with E-state index < -0.39 is 0 Å². The SMILES string of the molecule is C#Cc1c(C)cc(C)cc1C.C=C.C=C(CCC)/C(C)=C(\C)C1CC1.CC.CCCC(C)CCC. The molecular weight excluding hydrogens is 420 g/mol. The predicted molar refractivity (Wildman–Crippen MR) is 165 cm³/mol. The summed E-state index contributed by atoms with van der Waals surface area (Å²) in [7, 11) is 0. The van der Waals surface area contributed by atoms with Gasteiger partial charge >= 0.3 is 0 Å². The molecule has 1 fully saturated rings. The molecule has 0 bridgehead atoms. The van der Waals surface area contributed by atoms with Crippen LogP contribution in [0.4, 0.5) is 0 Å². The van der Waals surface area contributed by atoms with E-state index in [1.807, 2.05) is 13.8 Å². The Kier molecular flexibility index (Phi) is 25.5. The first-order valence-electron chi connectivity index (χ1n) is 14.0. The zero-order valence-electron chi connectivity index (χ0n) is 25.7. The maximum atomic E-state index is 5.35. The van der Waals surface area contributed by atoms with Gasteiger partial charge in [0.05, 0.1) is 0 Å². The van der Waals surface area contributed by atoms with E-state index >= 15 is 0 Å². The van der Waals surface area contributed by atoms with Gasteiger partial charge in [-0.05, 0) is 82.4 Å². The fourth-order valence-corrected chi connectivity index (χ4v) is 4.13. The van der Waals surface area contributed by atoms with E-state index in [9.17, 15) is 0 Å². The molecule has 0 spiro atoms. The average Bonchev–Trinajstić information content (AvgIpc) is 3.67. The molecule has 1 saturated carbocycles. The Morgan fingerprint density at radius 2 is 1.37 bits per heavy atom. The molecule has 0 amide bonds. The van der Waals surface area contributed by atoms with Crippen molar-refractivity contribution in [1.82, 2.24) is 0 Å². The van der Waals surface area contributed by atoms with E-state index in [0.29, 0.717) is 0 Å². The van der Waals surface area contributed by atoms with Gasteiger partial charge in [-0.15, -0.1) is 19.6 Å². The summed E-state index contributed by atoms with van der Waals surface area (Å²) in [6, 6.07) is 4.23. The Balaban J connectivity index is -0.000000416. The Bertz CT molecular complexity index is 720. The summed E-state index contributed by atoms with van der Waals surface area (Å²) in [5.74, 6) is 4.56. The first-order chi connectivity index (χ1) is 16.6. The molecule has 0 aromatic heterocycles. The van der Waals surface area contributed by atoms with Crippen molar-refractivity contribution in [2.75, 3.05) is 0 Å². The van der Waals surface area contributed by atoms with E-state index in [0.717, 1.165) is 23.8 Å². The zero-order valence-corrected chi connectivity index (χ0v) is 25.7. The number of benzene rings is 1. The van der Waals surface area contributed by atoms with E-state index in [-0.39, 0.29) is 0 Å². The van der Waals surface area contributed by atoms with Gasteiger partial charge in [-0.25, -0.2) is 0 Å². The maximum Gasteiger partial charge on any atom is 0.0301 e. The van der Waals surface area contributed by atoms with Crippen LogP contribution in [0.1, 0.15) is 129 Å². The lowest BCUT2D eigenvalue weighted by Crippen LogP contribution is -1.91. The number of allylic oxidation sites excluding steroid dienone is 3. The third kappa shape index (κ3) is 18.0. The molecule has 0 nitrogen and oxygen atoms in total. The van der Waals surface area contributed by atoms with E-state index in [1.54, 1.807) is 5.57 Å². The van der Waals surface area contributed by atoms with Gasteiger partial charge in [0.1, 0.15) is 0 Å². The van der Waals surface area contributed by atoms with Crippen molar-refractivity contribution in [3.8, 4) is 12.3 Å². The lowest BCUT2D eigenvalue weighted by atomic mass is 9.98. The van der Waals surface area contributed by atoms with Gasteiger partial charge in [-0.3, -0.25) is 0 Å². The lowest BCUT2D eigenvalue weighted by Gasteiger charge is -2.08. The van der Waals surface area contributed by atoms with Crippen LogP contribution >= 0.6 is 0 Å². The van der Waals surface area contributed by atoms with Crippen LogP contribution < -0.4 is 0 Å². The molecule has 0 saturated heterocycles. The smallest absolute Gasteiger partial charge is 0.0301 e. The zero-order chi connectivity index (χ0) is 28.0. The molecule has 0 unspecified atom stereocenters. The molecule has 0 radical (unpaired) electrons. The highest BCUT2D eigenvalue weighted by Gasteiger charge is 2.24. The van der Waals surface area contributed by atoms with Gasteiger partial charge in [-0.2, -0.15) is 0 Å². The Hall–Kier alpha value is -2.00. The summed E-state index contributed by atoms with van der Waals surface area (Å²) in [5.41, 5.74) is 9.12. The highest BCUT2D eigenvalue weighted by molar-refractivity contribution is 5.47. The fourth-order valence-electron chi connectivity index (χ4n) is 4.13. The normalized spacial score (nSPS) is 12.1. The standard InChI is InChI=1S/C12H20.C11H12.C8H18.C2H6.C2H4/c1-5-6-9(2)10(3)11(4)12-7-8-12;1-5-11-9(3)6-8(2)7-10(11)4;1-4-6-8(3)7-5-2;2*1-2/h12H,2,5-8H2,1,3-4H3;1,6-7H,2-4H3;8H,4-7H2,1-3H3;1-2H3;1-2H2/b11-10+;;;;. The number of hydrogen-bond acceptors (Lipinski definition) is 0. The van der Waals surface area contributed by atoms with E-state index in [2.05, 4.69) is 100 Å². The molecular formula is C35H60. The molecule has 200 valence electrons. The van der Waals surface area contributed by atoms with Gasteiger partial charge in [0.15, 0.2) is 0 Å². The van der Waals surface area contributed by atoms with Crippen LogP contribution in [-0.2, 0) is 0 Å². The number of hydrogen-bond donors (Lipinski definition) is 0. The van der Waals surface area contributed by atoms with Gasteiger partial charge < -0.3 is 0 Å². The molecule has 2 rings (SSSR count). The first-order valence-corrected chi connectivity index (χ1v) is 14.0. The van der Waals surface area contributed by atoms with Crippen LogP contribution in [0.25, 0.3) is 0 Å². The summed E-state index contributed by atoms with van der Waals surface area (Å²) in [6.07, 6.45) is 16.1. The lowest BCUT2D eigenvalue weighted by molar-refractivity contribution is 0.480. The van der Waals surface area contributed by atoms with Gasteiger partial charge in [0, 0.05) is 5.56 Å².